The molecule has 3 N–H and O–H groups in total. The van der Waals surface area contributed by atoms with Gasteiger partial charge in [0.05, 0.1) is 6.42 Å². The van der Waals surface area contributed by atoms with E-state index < -0.39 is 30.4 Å². The first-order valence-corrected chi connectivity index (χ1v) is 5.39. The number of aliphatic carboxylic acids is 2. The van der Waals surface area contributed by atoms with E-state index in [4.69, 9.17) is 10.2 Å². The van der Waals surface area contributed by atoms with Crippen LogP contribution in [-0.2, 0) is 9.59 Å². The van der Waals surface area contributed by atoms with Gasteiger partial charge in [-0.15, -0.1) is 0 Å². The molecule has 0 aromatic heterocycles. The highest BCUT2D eigenvalue weighted by molar-refractivity contribution is 5.86. The first-order valence-electron chi connectivity index (χ1n) is 5.39. The molecule has 1 aliphatic carbocycles. The summed E-state index contributed by atoms with van der Waals surface area (Å²) in [6.07, 6.45) is 2.24. The molecule has 0 spiro atoms. The van der Waals surface area contributed by atoms with Crippen LogP contribution in [0.15, 0.2) is 0 Å². The first kappa shape index (κ1) is 13.3. The van der Waals surface area contributed by atoms with Crippen LogP contribution in [0.25, 0.3) is 0 Å². The Hall–Kier alpha value is -1.79. The minimum absolute atomic E-state index is 0.134. The van der Waals surface area contributed by atoms with Gasteiger partial charge in [0.1, 0.15) is 6.04 Å². The molecule has 17 heavy (non-hydrogen) atoms. The van der Waals surface area contributed by atoms with Gasteiger partial charge >= 0.3 is 18.0 Å². The molecule has 0 heterocycles. The Morgan fingerprint density at radius 2 is 1.94 bits per heavy atom. The summed E-state index contributed by atoms with van der Waals surface area (Å²) in [5.74, 6) is -2.60. The van der Waals surface area contributed by atoms with Gasteiger partial charge in [-0.1, -0.05) is 0 Å². The smallest absolute Gasteiger partial charge is 0.326 e. The van der Waals surface area contributed by atoms with Gasteiger partial charge in [-0.2, -0.15) is 0 Å². The number of nitrogens with zero attached hydrogens (tertiary/aromatic N) is 1. The largest absolute Gasteiger partial charge is 0.481 e. The fraction of sp³-hybridized carbons (Fsp3) is 0.700. The van der Waals surface area contributed by atoms with Gasteiger partial charge in [-0.25, -0.2) is 9.59 Å². The predicted molar refractivity (Wildman–Crippen MR) is 57.6 cm³/mol. The number of hydrogen-bond acceptors (Lipinski definition) is 3. The van der Waals surface area contributed by atoms with Crippen molar-refractivity contribution in [3.63, 3.8) is 0 Å². The molecule has 1 fully saturated rings. The normalized spacial score (nSPS) is 16.8. The monoisotopic (exact) mass is 244 g/mol. The number of carboxylic acids is 2. The standard InChI is InChI=1S/C10H16N2O5/c1-12(6-3-2-4-6)10(17)11-7(9(15)16)5-8(13)14/h6-7H,2-5H2,1H3,(H,11,17)(H,13,14)(H,15,16)/t7-/m1/s1. The van der Waals surface area contributed by atoms with Crippen LogP contribution < -0.4 is 5.32 Å². The molecule has 0 aromatic carbocycles. The minimum Gasteiger partial charge on any atom is -0.481 e. The average molecular weight is 244 g/mol. The number of urea groups is 1. The number of rotatable bonds is 5. The fourth-order valence-corrected chi connectivity index (χ4v) is 1.57. The zero-order chi connectivity index (χ0) is 13.0. The van der Waals surface area contributed by atoms with Gasteiger partial charge in [0.15, 0.2) is 0 Å². The van der Waals surface area contributed by atoms with Gasteiger partial charge in [0, 0.05) is 13.1 Å². The number of nitrogens with one attached hydrogen (secondary N) is 1. The van der Waals surface area contributed by atoms with E-state index >= 15 is 0 Å². The highest BCUT2D eigenvalue weighted by atomic mass is 16.4. The molecule has 2 amide bonds. The molecule has 0 bridgehead atoms. The Morgan fingerprint density at radius 3 is 2.29 bits per heavy atom. The summed E-state index contributed by atoms with van der Waals surface area (Å²) in [6, 6.07) is -1.79. The lowest BCUT2D eigenvalue weighted by molar-refractivity contribution is -0.145. The third-order valence-electron chi connectivity index (χ3n) is 2.92. The third kappa shape index (κ3) is 3.61. The van der Waals surface area contributed by atoms with Crippen LogP contribution >= 0.6 is 0 Å². The zero-order valence-corrected chi connectivity index (χ0v) is 9.55. The van der Waals surface area contributed by atoms with Crippen LogP contribution in [0.5, 0.6) is 0 Å². The Morgan fingerprint density at radius 1 is 1.35 bits per heavy atom. The van der Waals surface area contributed by atoms with Crippen molar-refractivity contribution in [2.75, 3.05) is 7.05 Å². The van der Waals surface area contributed by atoms with Crippen molar-refractivity contribution in [3.8, 4) is 0 Å². The van der Waals surface area contributed by atoms with Crippen LogP contribution in [0.3, 0.4) is 0 Å². The summed E-state index contributed by atoms with van der Waals surface area (Å²) in [4.78, 5) is 34.3. The van der Waals surface area contributed by atoms with E-state index in [1.165, 1.54) is 4.90 Å². The molecule has 0 aromatic rings. The number of carbonyl (C=O) groups excluding carboxylic acids is 1. The highest BCUT2D eigenvalue weighted by Crippen LogP contribution is 2.23. The molecule has 96 valence electrons. The molecule has 7 nitrogen and oxygen atoms in total. The summed E-state index contributed by atoms with van der Waals surface area (Å²) in [6.45, 7) is 0. The molecule has 1 saturated carbocycles. The molecular formula is C10H16N2O5. The lowest BCUT2D eigenvalue weighted by Crippen LogP contribution is -2.51. The van der Waals surface area contributed by atoms with E-state index in [2.05, 4.69) is 5.32 Å². The molecule has 0 unspecified atom stereocenters. The third-order valence-corrected chi connectivity index (χ3v) is 2.92. The Labute approximate surface area is 98.4 Å². The Balaban J connectivity index is 2.50. The van der Waals surface area contributed by atoms with Gasteiger partial charge < -0.3 is 20.4 Å². The highest BCUT2D eigenvalue weighted by Gasteiger charge is 2.29. The van der Waals surface area contributed by atoms with Crippen LogP contribution in [-0.4, -0.2) is 52.2 Å². The second kappa shape index (κ2) is 5.51. The fourth-order valence-electron chi connectivity index (χ4n) is 1.57. The quantitative estimate of drug-likeness (QED) is 0.636. The summed E-state index contributed by atoms with van der Waals surface area (Å²) in [5, 5.41) is 19.5. The number of carbonyl (C=O) groups is 3. The van der Waals surface area contributed by atoms with Gasteiger partial charge in [0.2, 0.25) is 0 Å². The first-order chi connectivity index (χ1) is 7.91. The molecule has 0 aliphatic heterocycles. The summed E-state index contributed by atoms with van der Waals surface area (Å²) >= 11 is 0. The minimum atomic E-state index is -1.39. The SMILES string of the molecule is CN(C(=O)N[C@H](CC(=O)O)C(=O)O)C1CCC1. The van der Waals surface area contributed by atoms with Crippen LogP contribution in [0, 0.1) is 0 Å². The van der Waals surface area contributed by atoms with Crippen molar-refractivity contribution >= 4 is 18.0 Å². The van der Waals surface area contributed by atoms with Crippen LogP contribution in [0.1, 0.15) is 25.7 Å². The molecule has 0 saturated heterocycles. The second-order valence-electron chi connectivity index (χ2n) is 4.13. The van der Waals surface area contributed by atoms with E-state index in [1.807, 2.05) is 0 Å². The topological polar surface area (TPSA) is 107 Å². The van der Waals surface area contributed by atoms with Gasteiger partial charge in [-0.3, -0.25) is 4.79 Å². The Bertz CT molecular complexity index is 327. The van der Waals surface area contributed by atoms with E-state index in [1.54, 1.807) is 7.05 Å². The van der Waals surface area contributed by atoms with E-state index in [0.717, 1.165) is 19.3 Å². The van der Waals surface area contributed by atoms with Crippen molar-refractivity contribution in [2.45, 2.75) is 37.8 Å². The second-order valence-corrected chi connectivity index (χ2v) is 4.13. The molecule has 1 atom stereocenters. The van der Waals surface area contributed by atoms with Gasteiger partial charge in [-0.05, 0) is 19.3 Å². The lowest BCUT2D eigenvalue weighted by atomic mass is 9.92. The van der Waals surface area contributed by atoms with Crippen LogP contribution in [0.2, 0.25) is 0 Å². The molecular weight excluding hydrogens is 228 g/mol. The maximum atomic E-state index is 11.6. The summed E-state index contributed by atoms with van der Waals surface area (Å²) in [7, 11) is 1.58. The number of hydrogen-bond donors (Lipinski definition) is 3. The van der Waals surface area contributed by atoms with E-state index in [0.29, 0.717) is 0 Å². The molecule has 1 aliphatic rings. The average Bonchev–Trinajstić information content (AvgIpc) is 2.12. The maximum Gasteiger partial charge on any atom is 0.326 e. The molecule has 0 radical (unpaired) electrons. The van der Waals surface area contributed by atoms with Crippen molar-refractivity contribution in [2.24, 2.45) is 0 Å². The van der Waals surface area contributed by atoms with E-state index in [-0.39, 0.29) is 6.04 Å². The van der Waals surface area contributed by atoms with Crippen molar-refractivity contribution in [1.29, 1.82) is 0 Å². The number of carboxylic acid groups (broad SMARTS) is 2. The summed E-state index contributed by atoms with van der Waals surface area (Å²) in [5.41, 5.74) is 0. The summed E-state index contributed by atoms with van der Waals surface area (Å²) < 4.78 is 0. The number of amides is 2. The maximum absolute atomic E-state index is 11.6. The zero-order valence-electron chi connectivity index (χ0n) is 9.55. The Kier molecular flexibility index (Phi) is 4.30. The molecule has 1 rings (SSSR count). The van der Waals surface area contributed by atoms with Crippen molar-refractivity contribution in [1.82, 2.24) is 10.2 Å². The van der Waals surface area contributed by atoms with Crippen LogP contribution in [0.4, 0.5) is 4.79 Å². The van der Waals surface area contributed by atoms with Gasteiger partial charge in [0.25, 0.3) is 0 Å². The van der Waals surface area contributed by atoms with Crippen molar-refractivity contribution < 1.29 is 24.6 Å². The van der Waals surface area contributed by atoms with E-state index in [9.17, 15) is 14.4 Å². The molecule has 7 heteroatoms. The van der Waals surface area contributed by atoms with Crippen molar-refractivity contribution in [3.05, 3.63) is 0 Å². The predicted octanol–water partition coefficient (Wildman–Crippen LogP) is 0.108. The lowest BCUT2D eigenvalue weighted by Gasteiger charge is -2.35.